The number of nitrogens with one attached hydrogen (secondary N) is 2. The molecule has 0 aliphatic rings. The number of aryl methyl sites for hydroxylation is 1. The maximum Gasteiger partial charge on any atom is 0.257 e. The first-order valence-corrected chi connectivity index (χ1v) is 11.2. The van der Waals surface area contributed by atoms with Crippen LogP contribution >= 0.6 is 11.3 Å². The SMILES string of the molecule is CCc1sc(NC(=O)c2ccc(NC(=O)Cc3ccccc3)cc2)nc1-c1ccccc1. The van der Waals surface area contributed by atoms with E-state index in [0.717, 1.165) is 28.1 Å². The minimum atomic E-state index is -0.233. The topological polar surface area (TPSA) is 71.1 Å². The summed E-state index contributed by atoms with van der Waals surface area (Å²) in [6, 6.07) is 26.4. The Morgan fingerprint density at radius 2 is 1.50 bits per heavy atom. The number of hydrogen-bond donors (Lipinski definition) is 2. The molecule has 4 aromatic rings. The number of hydrogen-bond acceptors (Lipinski definition) is 4. The molecule has 5 nitrogen and oxygen atoms in total. The van der Waals surface area contributed by atoms with E-state index in [2.05, 4.69) is 22.5 Å². The van der Waals surface area contributed by atoms with Gasteiger partial charge in [0.1, 0.15) is 0 Å². The number of amides is 2. The number of aromatic nitrogens is 1. The van der Waals surface area contributed by atoms with Crippen LogP contribution in [0.1, 0.15) is 27.7 Å². The van der Waals surface area contributed by atoms with Gasteiger partial charge in [-0.1, -0.05) is 67.6 Å². The van der Waals surface area contributed by atoms with Crippen LogP contribution in [-0.2, 0) is 17.6 Å². The fourth-order valence-corrected chi connectivity index (χ4v) is 4.25. The second kappa shape index (κ2) is 10.0. The molecule has 0 saturated heterocycles. The van der Waals surface area contributed by atoms with Crippen LogP contribution in [0.25, 0.3) is 11.3 Å². The smallest absolute Gasteiger partial charge is 0.257 e. The molecule has 2 N–H and O–H groups in total. The summed E-state index contributed by atoms with van der Waals surface area (Å²) in [5.41, 5.74) is 4.05. The van der Waals surface area contributed by atoms with Gasteiger partial charge in [-0.15, -0.1) is 11.3 Å². The lowest BCUT2D eigenvalue weighted by atomic mass is 10.1. The summed E-state index contributed by atoms with van der Waals surface area (Å²) in [6.07, 6.45) is 1.14. The van der Waals surface area contributed by atoms with Crippen LogP contribution in [0.2, 0.25) is 0 Å². The van der Waals surface area contributed by atoms with Crippen molar-refractivity contribution < 1.29 is 9.59 Å². The molecule has 0 atom stereocenters. The minimum absolute atomic E-state index is 0.100. The predicted octanol–water partition coefficient (Wildman–Crippen LogP) is 5.81. The normalized spacial score (nSPS) is 10.5. The van der Waals surface area contributed by atoms with Gasteiger partial charge < -0.3 is 5.32 Å². The Morgan fingerprint density at radius 1 is 0.844 bits per heavy atom. The molecule has 6 heteroatoms. The third-order valence-corrected chi connectivity index (χ3v) is 6.04. The Morgan fingerprint density at radius 3 is 2.16 bits per heavy atom. The fraction of sp³-hybridized carbons (Fsp3) is 0.115. The Kier molecular flexibility index (Phi) is 6.72. The first kappa shape index (κ1) is 21.5. The summed E-state index contributed by atoms with van der Waals surface area (Å²) >= 11 is 1.49. The highest BCUT2D eigenvalue weighted by Gasteiger charge is 2.15. The van der Waals surface area contributed by atoms with Crippen LogP contribution in [0.5, 0.6) is 0 Å². The van der Waals surface area contributed by atoms with Crippen LogP contribution in [0.3, 0.4) is 0 Å². The highest BCUT2D eigenvalue weighted by molar-refractivity contribution is 7.16. The lowest BCUT2D eigenvalue weighted by Gasteiger charge is -2.07. The Labute approximate surface area is 191 Å². The molecular weight excluding hydrogens is 418 g/mol. The Hall–Kier alpha value is -3.77. The van der Waals surface area contributed by atoms with E-state index in [-0.39, 0.29) is 11.8 Å². The van der Waals surface area contributed by atoms with E-state index in [4.69, 9.17) is 0 Å². The molecule has 0 unspecified atom stereocenters. The zero-order chi connectivity index (χ0) is 22.3. The summed E-state index contributed by atoms with van der Waals surface area (Å²) in [6.45, 7) is 2.08. The van der Waals surface area contributed by atoms with Crippen molar-refractivity contribution in [2.75, 3.05) is 10.6 Å². The number of thiazole rings is 1. The molecule has 0 aliphatic carbocycles. The summed E-state index contributed by atoms with van der Waals surface area (Å²) in [5.74, 6) is -0.333. The third-order valence-electron chi connectivity index (χ3n) is 4.92. The molecule has 0 spiro atoms. The number of nitrogens with zero attached hydrogens (tertiary/aromatic N) is 1. The van der Waals surface area contributed by atoms with Gasteiger partial charge in [0.15, 0.2) is 5.13 Å². The lowest BCUT2D eigenvalue weighted by molar-refractivity contribution is -0.115. The molecule has 0 saturated carbocycles. The minimum Gasteiger partial charge on any atom is -0.326 e. The molecule has 32 heavy (non-hydrogen) atoms. The van der Waals surface area contributed by atoms with Crippen molar-refractivity contribution in [3.05, 3.63) is 101 Å². The number of rotatable bonds is 7. The average molecular weight is 442 g/mol. The molecule has 0 bridgehead atoms. The van der Waals surface area contributed by atoms with E-state index >= 15 is 0 Å². The van der Waals surface area contributed by atoms with Gasteiger partial charge in [-0.05, 0) is 36.2 Å². The second-order valence-electron chi connectivity index (χ2n) is 7.25. The van der Waals surface area contributed by atoms with Gasteiger partial charge >= 0.3 is 0 Å². The molecule has 2 amide bonds. The van der Waals surface area contributed by atoms with E-state index in [1.165, 1.54) is 11.3 Å². The van der Waals surface area contributed by atoms with Crippen molar-refractivity contribution in [3.8, 4) is 11.3 Å². The molecule has 0 radical (unpaired) electrons. The molecular formula is C26H23N3O2S. The van der Waals surface area contributed by atoms with E-state index in [0.29, 0.717) is 22.8 Å². The molecule has 3 aromatic carbocycles. The molecule has 0 fully saturated rings. The zero-order valence-corrected chi connectivity index (χ0v) is 18.5. The fourth-order valence-electron chi connectivity index (χ4n) is 3.33. The van der Waals surface area contributed by atoms with Crippen LogP contribution in [0.15, 0.2) is 84.9 Å². The first-order valence-electron chi connectivity index (χ1n) is 10.4. The van der Waals surface area contributed by atoms with E-state index in [9.17, 15) is 9.59 Å². The number of anilines is 2. The second-order valence-corrected chi connectivity index (χ2v) is 8.34. The van der Waals surface area contributed by atoms with Gasteiger partial charge in [-0.2, -0.15) is 0 Å². The highest BCUT2D eigenvalue weighted by atomic mass is 32.1. The lowest BCUT2D eigenvalue weighted by Crippen LogP contribution is -2.15. The molecule has 160 valence electrons. The quantitative estimate of drug-likeness (QED) is 0.380. The van der Waals surface area contributed by atoms with Crippen molar-refractivity contribution in [1.82, 2.24) is 4.98 Å². The predicted molar refractivity (Wildman–Crippen MR) is 130 cm³/mol. The highest BCUT2D eigenvalue weighted by Crippen LogP contribution is 2.31. The number of carbonyl (C=O) groups is 2. The van der Waals surface area contributed by atoms with Gasteiger partial charge in [0.2, 0.25) is 5.91 Å². The standard InChI is InChI=1S/C26H23N3O2S/c1-2-22-24(19-11-7-4-8-12-19)28-26(32-22)29-25(31)20-13-15-21(16-14-20)27-23(30)17-18-9-5-3-6-10-18/h3-16H,2,17H2,1H3,(H,27,30)(H,28,29,31). The van der Waals surface area contributed by atoms with Crippen molar-refractivity contribution >= 4 is 34.0 Å². The van der Waals surface area contributed by atoms with Gasteiger partial charge in [-0.3, -0.25) is 14.9 Å². The molecule has 1 heterocycles. The van der Waals surface area contributed by atoms with Crippen LogP contribution < -0.4 is 10.6 Å². The largest absolute Gasteiger partial charge is 0.326 e. The van der Waals surface area contributed by atoms with Crippen molar-refractivity contribution in [1.29, 1.82) is 0 Å². The molecule has 1 aromatic heterocycles. The Balaban J connectivity index is 1.40. The maximum atomic E-state index is 12.7. The first-order chi connectivity index (χ1) is 15.6. The van der Waals surface area contributed by atoms with Crippen molar-refractivity contribution in [3.63, 3.8) is 0 Å². The summed E-state index contributed by atoms with van der Waals surface area (Å²) in [4.78, 5) is 30.7. The van der Waals surface area contributed by atoms with Crippen LogP contribution in [0, 0.1) is 0 Å². The van der Waals surface area contributed by atoms with Crippen molar-refractivity contribution in [2.24, 2.45) is 0 Å². The maximum absolute atomic E-state index is 12.7. The molecule has 4 rings (SSSR count). The van der Waals surface area contributed by atoms with Crippen LogP contribution in [0.4, 0.5) is 10.8 Å². The summed E-state index contributed by atoms with van der Waals surface area (Å²) < 4.78 is 0. The molecule has 0 aliphatic heterocycles. The zero-order valence-electron chi connectivity index (χ0n) is 17.7. The van der Waals surface area contributed by atoms with E-state index < -0.39 is 0 Å². The van der Waals surface area contributed by atoms with Gasteiger partial charge in [0.25, 0.3) is 5.91 Å². The van der Waals surface area contributed by atoms with E-state index in [1.54, 1.807) is 24.3 Å². The Bertz CT molecular complexity index is 1200. The van der Waals surface area contributed by atoms with Gasteiger partial charge in [0.05, 0.1) is 12.1 Å². The monoisotopic (exact) mass is 441 g/mol. The van der Waals surface area contributed by atoms with E-state index in [1.807, 2.05) is 60.7 Å². The van der Waals surface area contributed by atoms with Gasteiger partial charge in [-0.25, -0.2) is 4.98 Å². The van der Waals surface area contributed by atoms with Crippen LogP contribution in [-0.4, -0.2) is 16.8 Å². The van der Waals surface area contributed by atoms with Gasteiger partial charge in [0, 0.05) is 21.7 Å². The number of benzene rings is 3. The number of carbonyl (C=O) groups excluding carboxylic acids is 2. The van der Waals surface area contributed by atoms with Crippen molar-refractivity contribution in [2.45, 2.75) is 19.8 Å². The average Bonchev–Trinajstić information content (AvgIpc) is 3.23. The summed E-state index contributed by atoms with van der Waals surface area (Å²) in [7, 11) is 0. The third kappa shape index (κ3) is 5.28. The summed E-state index contributed by atoms with van der Waals surface area (Å²) in [5, 5.41) is 6.33.